The number of rotatable bonds is 6. The van der Waals surface area contributed by atoms with E-state index in [1.54, 1.807) is 0 Å². The number of hydrogen-bond acceptors (Lipinski definition) is 9. The summed E-state index contributed by atoms with van der Waals surface area (Å²) < 4.78 is 14.6. The Morgan fingerprint density at radius 3 is 2.60 bits per heavy atom. The highest BCUT2D eigenvalue weighted by Gasteiger charge is 2.35. The zero-order valence-electron chi connectivity index (χ0n) is 17.1. The number of nitrogens with zero attached hydrogens (tertiary/aromatic N) is 4. The number of nitriles is 1. The Labute approximate surface area is 175 Å². The second-order valence-corrected chi connectivity index (χ2v) is 7.92. The molecule has 0 radical (unpaired) electrons. The second-order valence-electron chi connectivity index (χ2n) is 7.92. The van der Waals surface area contributed by atoms with Crippen molar-refractivity contribution >= 4 is 17.3 Å². The van der Waals surface area contributed by atoms with Gasteiger partial charge in [-0.2, -0.15) is 5.26 Å². The van der Waals surface area contributed by atoms with Crippen LogP contribution in [0.3, 0.4) is 0 Å². The summed E-state index contributed by atoms with van der Waals surface area (Å²) in [6, 6.07) is 2.15. The first-order chi connectivity index (χ1) is 14.4. The topological polar surface area (TPSA) is 148 Å². The van der Waals surface area contributed by atoms with Crippen LogP contribution >= 0.6 is 0 Å². The van der Waals surface area contributed by atoms with Gasteiger partial charge < -0.3 is 37.2 Å². The molecule has 3 heterocycles. The molecule has 1 unspecified atom stereocenters. The van der Waals surface area contributed by atoms with Crippen molar-refractivity contribution in [2.75, 3.05) is 56.5 Å². The first-order valence-electron chi connectivity index (χ1n) is 10.1. The predicted molar refractivity (Wildman–Crippen MR) is 112 cm³/mol. The molecule has 2 aliphatic rings. The van der Waals surface area contributed by atoms with Crippen LogP contribution in [0, 0.1) is 29.0 Å². The Hall–Kier alpha value is -2.36. The van der Waals surface area contributed by atoms with E-state index in [1.165, 1.54) is 6.20 Å². The molecule has 1 aromatic rings. The summed E-state index contributed by atoms with van der Waals surface area (Å²) in [5, 5.41) is 18.1. The van der Waals surface area contributed by atoms with Crippen molar-refractivity contribution in [3.8, 4) is 6.07 Å². The monoisotopic (exact) mass is 419 g/mol. The van der Waals surface area contributed by atoms with Crippen molar-refractivity contribution in [2.45, 2.75) is 18.8 Å². The number of aromatic nitrogens is 1. The third-order valence-corrected chi connectivity index (χ3v) is 5.66. The molecule has 30 heavy (non-hydrogen) atoms. The Bertz CT molecular complexity index is 768. The summed E-state index contributed by atoms with van der Waals surface area (Å²) in [5.74, 6) is -1.55. The Kier molecular flexibility index (Phi) is 7.52. The SMILES string of the molecule is CN1CCN(c2c(F)cncc2NC(=O)C(C(N)N)C2NCC(CC#N)CN2)CC1. The number of piperazine rings is 1. The number of nitrogens with one attached hydrogen (secondary N) is 3. The van der Waals surface area contributed by atoms with E-state index in [9.17, 15) is 9.18 Å². The van der Waals surface area contributed by atoms with E-state index >= 15 is 0 Å². The second kappa shape index (κ2) is 10.1. The van der Waals surface area contributed by atoms with E-state index in [1.807, 2.05) is 11.9 Å². The lowest BCUT2D eigenvalue weighted by Crippen LogP contribution is -2.63. The molecule has 0 saturated carbocycles. The van der Waals surface area contributed by atoms with E-state index in [4.69, 9.17) is 16.7 Å². The van der Waals surface area contributed by atoms with Gasteiger partial charge in [-0.1, -0.05) is 0 Å². The van der Waals surface area contributed by atoms with Gasteiger partial charge in [-0.25, -0.2) is 4.39 Å². The van der Waals surface area contributed by atoms with Crippen LogP contribution < -0.4 is 32.3 Å². The van der Waals surface area contributed by atoms with Crippen molar-refractivity contribution in [1.82, 2.24) is 20.5 Å². The van der Waals surface area contributed by atoms with Crippen LogP contribution in [0.4, 0.5) is 15.8 Å². The van der Waals surface area contributed by atoms with Gasteiger partial charge in [0.25, 0.3) is 0 Å². The summed E-state index contributed by atoms with van der Waals surface area (Å²) in [6.45, 7) is 4.04. The molecule has 2 saturated heterocycles. The van der Waals surface area contributed by atoms with Gasteiger partial charge in [-0.15, -0.1) is 0 Å². The average Bonchev–Trinajstić information content (AvgIpc) is 2.70. The predicted octanol–water partition coefficient (Wildman–Crippen LogP) is -1.18. The van der Waals surface area contributed by atoms with Crippen LogP contribution in [0.15, 0.2) is 12.4 Å². The number of carbonyl (C=O) groups is 1. The van der Waals surface area contributed by atoms with E-state index in [2.05, 4.69) is 31.9 Å². The molecule has 1 aromatic heterocycles. The summed E-state index contributed by atoms with van der Waals surface area (Å²) >= 11 is 0. The molecule has 0 aromatic carbocycles. The maximum absolute atomic E-state index is 14.6. The smallest absolute Gasteiger partial charge is 0.233 e. The van der Waals surface area contributed by atoms with Gasteiger partial charge in [0.1, 0.15) is 5.69 Å². The molecule has 1 atom stereocenters. The molecule has 11 heteroatoms. The van der Waals surface area contributed by atoms with Crippen LogP contribution in [0.5, 0.6) is 0 Å². The molecule has 7 N–H and O–H groups in total. The minimum atomic E-state index is -0.934. The normalized spacial score (nSPS) is 23.8. The Morgan fingerprint density at radius 2 is 2.00 bits per heavy atom. The number of carbonyl (C=O) groups excluding carboxylic acids is 1. The largest absolute Gasteiger partial charge is 0.365 e. The van der Waals surface area contributed by atoms with Gasteiger partial charge >= 0.3 is 0 Å². The van der Waals surface area contributed by atoms with E-state index in [-0.39, 0.29) is 5.92 Å². The number of halogens is 1. The van der Waals surface area contributed by atoms with Gasteiger partial charge in [-0.3, -0.25) is 9.78 Å². The van der Waals surface area contributed by atoms with Crippen LogP contribution in [0.25, 0.3) is 0 Å². The molecule has 0 aliphatic carbocycles. The maximum atomic E-state index is 14.6. The van der Waals surface area contributed by atoms with Gasteiger partial charge in [0.2, 0.25) is 5.91 Å². The van der Waals surface area contributed by atoms with Crippen molar-refractivity contribution in [1.29, 1.82) is 5.26 Å². The fourth-order valence-corrected chi connectivity index (χ4v) is 3.89. The molecular formula is C19H30FN9O. The minimum Gasteiger partial charge on any atom is -0.365 e. The third-order valence-electron chi connectivity index (χ3n) is 5.66. The average molecular weight is 420 g/mol. The molecule has 3 rings (SSSR count). The molecular weight excluding hydrogens is 389 g/mol. The number of pyridine rings is 1. The number of amides is 1. The first kappa shape index (κ1) is 22.3. The van der Waals surface area contributed by atoms with Crippen LogP contribution in [-0.2, 0) is 4.79 Å². The number of nitrogens with two attached hydrogens (primary N) is 2. The fraction of sp³-hybridized carbons (Fsp3) is 0.632. The zero-order valence-corrected chi connectivity index (χ0v) is 17.1. The summed E-state index contributed by atoms with van der Waals surface area (Å²) in [6.07, 6.45) is 1.62. The van der Waals surface area contributed by atoms with E-state index in [0.29, 0.717) is 44.0 Å². The van der Waals surface area contributed by atoms with Crippen LogP contribution in [-0.4, -0.2) is 74.4 Å². The minimum absolute atomic E-state index is 0.153. The first-order valence-corrected chi connectivity index (χ1v) is 10.1. The highest BCUT2D eigenvalue weighted by molar-refractivity contribution is 5.96. The summed E-state index contributed by atoms with van der Waals surface area (Å²) in [5.41, 5.74) is 12.5. The highest BCUT2D eigenvalue weighted by atomic mass is 19.1. The van der Waals surface area contributed by atoms with Gasteiger partial charge in [-0.05, 0) is 13.0 Å². The lowest BCUT2D eigenvalue weighted by molar-refractivity contribution is -0.122. The molecule has 2 fully saturated rings. The van der Waals surface area contributed by atoms with Gasteiger partial charge in [0.05, 0.1) is 42.4 Å². The molecule has 164 valence electrons. The fourth-order valence-electron chi connectivity index (χ4n) is 3.89. The standard InChI is InChI=1S/C19H30FN9O/c1-28-4-6-29(7-5-28)16-13(20)10-24-11-14(16)27-19(30)15(17(22)23)18-25-8-12(2-3-21)9-26-18/h10-12,15,17-18,25-26H,2,4-9,22-23H2,1H3,(H,27,30). The van der Waals surface area contributed by atoms with Crippen molar-refractivity contribution < 1.29 is 9.18 Å². The lowest BCUT2D eigenvalue weighted by atomic mass is 9.96. The van der Waals surface area contributed by atoms with Gasteiger partial charge in [0.15, 0.2) is 5.82 Å². The van der Waals surface area contributed by atoms with Crippen LogP contribution in [0.2, 0.25) is 0 Å². The van der Waals surface area contributed by atoms with Gasteiger partial charge in [0, 0.05) is 45.7 Å². The number of likely N-dealkylation sites (N-methyl/N-ethyl adjacent to an activating group) is 1. The Balaban J connectivity index is 1.74. The molecule has 0 spiro atoms. The highest BCUT2D eigenvalue weighted by Crippen LogP contribution is 2.29. The maximum Gasteiger partial charge on any atom is 0.233 e. The molecule has 1 amide bonds. The Morgan fingerprint density at radius 1 is 1.33 bits per heavy atom. The van der Waals surface area contributed by atoms with E-state index < -0.39 is 30.0 Å². The van der Waals surface area contributed by atoms with Crippen LogP contribution in [0.1, 0.15) is 6.42 Å². The number of hydrogen-bond donors (Lipinski definition) is 5. The third kappa shape index (κ3) is 5.21. The summed E-state index contributed by atoms with van der Waals surface area (Å²) in [7, 11) is 2.02. The molecule has 0 bridgehead atoms. The van der Waals surface area contributed by atoms with Crippen molar-refractivity contribution in [3.63, 3.8) is 0 Å². The quantitative estimate of drug-likeness (QED) is 0.359. The zero-order chi connectivity index (χ0) is 21.7. The molecule has 2 aliphatic heterocycles. The lowest BCUT2D eigenvalue weighted by Gasteiger charge is -2.37. The van der Waals surface area contributed by atoms with E-state index in [0.717, 1.165) is 19.3 Å². The van der Waals surface area contributed by atoms with Crippen molar-refractivity contribution in [3.05, 3.63) is 18.2 Å². The summed E-state index contributed by atoms with van der Waals surface area (Å²) in [4.78, 5) is 21.1. The number of anilines is 2. The van der Waals surface area contributed by atoms with Crippen molar-refractivity contribution in [2.24, 2.45) is 23.3 Å². The molecule has 10 nitrogen and oxygen atoms in total.